The molecule has 0 aliphatic carbocycles. The van der Waals surface area contributed by atoms with E-state index >= 15 is 0 Å². The minimum Gasteiger partial charge on any atom is -0.376 e. The number of hydrogen-bond donors (Lipinski definition) is 0. The lowest BCUT2D eigenvalue weighted by atomic mass is 9.97. The van der Waals surface area contributed by atoms with E-state index in [1.807, 2.05) is 26.8 Å². The monoisotopic (exact) mass is 171 g/mol. The lowest BCUT2D eigenvalue weighted by Crippen LogP contribution is -2.24. The van der Waals surface area contributed by atoms with Crippen LogP contribution in [0.2, 0.25) is 0 Å². The zero-order valence-electron chi connectivity index (χ0n) is 9.76. The van der Waals surface area contributed by atoms with Crippen LogP contribution in [0.4, 0.5) is 0 Å². The Kier molecular flexibility index (Phi) is 3.80. The maximum Gasteiger partial charge on any atom is 0.0598 e. The molecule has 0 heterocycles. The summed E-state index contributed by atoms with van der Waals surface area (Å²) in [6.07, 6.45) is 1.89. The Labute approximate surface area is 78.2 Å². The van der Waals surface area contributed by atoms with Gasteiger partial charge in [0.2, 0.25) is 0 Å². The molecule has 2 atom stereocenters. The van der Waals surface area contributed by atoms with Gasteiger partial charge in [0, 0.05) is 1.37 Å². The molecule has 0 aliphatic rings. The predicted molar refractivity (Wildman–Crippen MR) is 54.2 cm³/mol. The number of ether oxygens (including phenoxy) is 1. The molecule has 0 saturated carbocycles. The van der Waals surface area contributed by atoms with E-state index in [0.717, 1.165) is 0 Å². The zero-order valence-corrected chi connectivity index (χ0v) is 8.76. The molecule has 0 rings (SSSR count). The molecule has 0 aromatic heterocycles. The van der Waals surface area contributed by atoms with Crippen LogP contribution in [0.25, 0.3) is 0 Å². The lowest BCUT2D eigenvalue weighted by molar-refractivity contribution is -0.0244. The number of allylic oxidation sites excluding steroid dienone is 1. The summed E-state index contributed by atoms with van der Waals surface area (Å²) >= 11 is 0. The van der Waals surface area contributed by atoms with Crippen molar-refractivity contribution in [2.75, 3.05) is 6.61 Å². The molecule has 0 N–H and O–H groups in total. The van der Waals surface area contributed by atoms with Gasteiger partial charge < -0.3 is 4.74 Å². The maximum atomic E-state index is 7.37. The average Bonchev–Trinajstić information content (AvgIpc) is 2.03. The van der Waals surface area contributed by atoms with Crippen LogP contribution in [0.3, 0.4) is 0 Å². The molecule has 0 aromatic carbocycles. The van der Waals surface area contributed by atoms with Crippen molar-refractivity contribution >= 4 is 0 Å². The highest BCUT2D eigenvalue weighted by atomic mass is 16.5. The minimum absolute atomic E-state index is 0.103. The van der Waals surface area contributed by atoms with Gasteiger partial charge in [0.25, 0.3) is 0 Å². The molecule has 0 spiro atoms. The van der Waals surface area contributed by atoms with E-state index < -0.39 is 0 Å². The first-order valence-corrected chi connectivity index (χ1v) is 4.46. The summed E-state index contributed by atoms with van der Waals surface area (Å²) in [5.74, 6) is 0.636. The van der Waals surface area contributed by atoms with Crippen molar-refractivity contribution in [3.05, 3.63) is 12.7 Å². The van der Waals surface area contributed by atoms with E-state index in [2.05, 4.69) is 13.5 Å². The number of hydrogen-bond acceptors (Lipinski definition) is 1. The first-order valence-electron chi connectivity index (χ1n) is 5.17. The fourth-order valence-electron chi connectivity index (χ4n) is 0.701. The second-order valence-corrected chi connectivity index (χ2v) is 4.28. The van der Waals surface area contributed by atoms with Gasteiger partial charge in [-0.2, -0.15) is 0 Å². The molecule has 0 aromatic rings. The molecule has 12 heavy (non-hydrogen) atoms. The molecule has 0 aliphatic heterocycles. The minimum atomic E-state index is -0.103. The third kappa shape index (κ3) is 5.36. The van der Waals surface area contributed by atoms with Crippen LogP contribution in [0.5, 0.6) is 0 Å². The smallest absolute Gasteiger partial charge is 0.0598 e. The highest BCUT2D eigenvalue weighted by molar-refractivity contribution is 4.79. The molecule has 1 nitrogen and oxygen atoms in total. The maximum absolute atomic E-state index is 7.37. The van der Waals surface area contributed by atoms with Crippen molar-refractivity contribution in [3.8, 4) is 0 Å². The summed E-state index contributed by atoms with van der Waals surface area (Å²) in [6, 6.07) is 0. The molecule has 0 radical (unpaired) electrons. The van der Waals surface area contributed by atoms with E-state index in [1.165, 1.54) is 0 Å². The normalized spacial score (nSPS) is 18.2. The van der Waals surface area contributed by atoms with E-state index in [0.29, 0.717) is 19.4 Å². The van der Waals surface area contributed by atoms with Gasteiger partial charge in [-0.05, 0) is 32.6 Å². The predicted octanol–water partition coefficient (Wildman–Crippen LogP) is 3.26. The van der Waals surface area contributed by atoms with Gasteiger partial charge in [0.1, 0.15) is 0 Å². The summed E-state index contributed by atoms with van der Waals surface area (Å²) in [7, 11) is 0. The van der Waals surface area contributed by atoms with Crippen molar-refractivity contribution in [1.29, 1.82) is 0 Å². The van der Waals surface area contributed by atoms with E-state index in [9.17, 15) is 0 Å². The first kappa shape index (κ1) is 9.79. The Morgan fingerprint density at radius 3 is 2.50 bits per heavy atom. The van der Waals surface area contributed by atoms with Gasteiger partial charge in [-0.25, -0.2) is 0 Å². The second kappa shape index (κ2) is 4.66. The van der Waals surface area contributed by atoms with Crippen LogP contribution in [-0.2, 0) is 4.74 Å². The zero-order chi connectivity index (χ0) is 10.5. The van der Waals surface area contributed by atoms with Gasteiger partial charge in [-0.3, -0.25) is 0 Å². The Morgan fingerprint density at radius 2 is 2.17 bits per heavy atom. The van der Waals surface area contributed by atoms with Crippen molar-refractivity contribution in [2.24, 2.45) is 11.8 Å². The Balaban J connectivity index is 3.92. The molecule has 0 saturated heterocycles. The molecule has 0 unspecified atom stereocenters. The average molecular weight is 171 g/mol. The third-order valence-electron chi connectivity index (χ3n) is 1.85. The molecule has 0 bridgehead atoms. The van der Waals surface area contributed by atoms with Gasteiger partial charge in [0.05, 0.1) is 12.2 Å². The molecule has 0 amide bonds. The van der Waals surface area contributed by atoms with Gasteiger partial charge >= 0.3 is 0 Å². The highest BCUT2D eigenvalue weighted by Gasteiger charge is 2.14. The summed E-state index contributed by atoms with van der Waals surface area (Å²) in [4.78, 5) is 0. The molecule has 1 heteroatoms. The van der Waals surface area contributed by atoms with Crippen LogP contribution in [0.1, 0.15) is 36.0 Å². The Bertz CT molecular complexity index is 149. The van der Waals surface area contributed by atoms with E-state index in [4.69, 9.17) is 6.11 Å². The molecular formula is C11H22O. The SMILES string of the molecule is [2H]C[C@H](COC(C)(C)C)[C@@H](C)C=C. The van der Waals surface area contributed by atoms with Gasteiger partial charge in [-0.15, -0.1) is 6.58 Å². The molecule has 72 valence electrons. The van der Waals surface area contributed by atoms with Crippen LogP contribution < -0.4 is 0 Å². The van der Waals surface area contributed by atoms with Crippen molar-refractivity contribution < 1.29 is 6.11 Å². The Hall–Kier alpha value is -0.300. The number of rotatable bonds is 4. The largest absolute Gasteiger partial charge is 0.376 e. The van der Waals surface area contributed by atoms with Gasteiger partial charge in [-0.1, -0.05) is 19.9 Å². The van der Waals surface area contributed by atoms with Crippen LogP contribution in [0.15, 0.2) is 12.7 Å². The summed E-state index contributed by atoms with van der Waals surface area (Å²) in [5, 5.41) is 0. The van der Waals surface area contributed by atoms with Crippen molar-refractivity contribution in [2.45, 2.75) is 40.2 Å². The summed E-state index contributed by atoms with van der Waals surface area (Å²) in [5.41, 5.74) is -0.103. The second-order valence-electron chi connectivity index (χ2n) is 4.28. The fourth-order valence-corrected chi connectivity index (χ4v) is 0.701. The first-order chi connectivity index (χ1) is 5.90. The fraction of sp³-hybridized carbons (Fsp3) is 0.818. The molecule has 0 fully saturated rings. The van der Waals surface area contributed by atoms with Crippen LogP contribution >= 0.6 is 0 Å². The quantitative estimate of drug-likeness (QED) is 0.590. The molecular weight excluding hydrogens is 148 g/mol. The van der Waals surface area contributed by atoms with Crippen LogP contribution in [-0.4, -0.2) is 12.2 Å². The summed E-state index contributed by atoms with van der Waals surface area (Å²) in [6.45, 7) is 13.0. The van der Waals surface area contributed by atoms with E-state index in [-0.39, 0.29) is 11.5 Å². The topological polar surface area (TPSA) is 9.23 Å². The summed E-state index contributed by atoms with van der Waals surface area (Å²) < 4.78 is 13.0. The van der Waals surface area contributed by atoms with Crippen molar-refractivity contribution in [3.63, 3.8) is 0 Å². The van der Waals surface area contributed by atoms with E-state index in [1.54, 1.807) is 0 Å². The third-order valence-corrected chi connectivity index (χ3v) is 1.85. The van der Waals surface area contributed by atoms with Gasteiger partial charge in [0.15, 0.2) is 0 Å². The lowest BCUT2D eigenvalue weighted by Gasteiger charge is -2.24. The Morgan fingerprint density at radius 1 is 1.58 bits per heavy atom. The van der Waals surface area contributed by atoms with Crippen molar-refractivity contribution in [1.82, 2.24) is 0 Å². The standard InChI is InChI=1S/C11H22O/c1-7-9(2)10(3)8-12-11(4,5)6/h7,9-10H,1,8H2,2-6H3/t9-,10+/m0/s1/i3D. The highest BCUT2D eigenvalue weighted by Crippen LogP contribution is 2.15. The van der Waals surface area contributed by atoms with Crippen LogP contribution in [0, 0.1) is 11.8 Å².